The molecular weight excluding hydrogens is 554 g/mol. The summed E-state index contributed by atoms with van der Waals surface area (Å²) in [6.07, 6.45) is 9.99. The molecule has 0 N–H and O–H groups in total. The Morgan fingerprint density at radius 3 is 1.66 bits per heavy atom. The summed E-state index contributed by atoms with van der Waals surface area (Å²) in [5.41, 5.74) is -1.00. The first-order chi connectivity index (χ1) is 21.1. The summed E-state index contributed by atoms with van der Waals surface area (Å²) >= 11 is 0. The van der Waals surface area contributed by atoms with Crippen LogP contribution in [-0.2, 0) is 34.2 Å². The standard InChI is InChI=1S/C37H50NO6/c1-36(2,3)43-33(39)20-12-4-5-13-21-34(40)44-37(28-16-8-6-9-17-28,29-18-10-7-11-19-29)35(41)42-32-26-30-22-23-31(27-32)38(30)24-14-15-25-38/h6-11,16-19,30-32H,4-5,12-15,20-27H2,1-3H3/q+1. The summed E-state index contributed by atoms with van der Waals surface area (Å²) in [4.78, 5) is 39.9. The predicted molar refractivity (Wildman–Crippen MR) is 168 cm³/mol. The quantitative estimate of drug-likeness (QED) is 0.112. The van der Waals surface area contributed by atoms with Gasteiger partial charge in [-0.3, -0.25) is 9.59 Å². The topological polar surface area (TPSA) is 78.9 Å². The second-order valence-electron chi connectivity index (χ2n) is 14.0. The van der Waals surface area contributed by atoms with Crippen molar-refractivity contribution < 1.29 is 33.1 Å². The van der Waals surface area contributed by atoms with Crippen LogP contribution in [0.15, 0.2) is 60.7 Å². The SMILES string of the molecule is CC(C)(C)OC(=O)CCCCCCC(=O)OC(C(=O)OC1CC2CCC(C1)[N+]21CCCC1)(c1ccccc1)c1ccccc1. The van der Waals surface area contributed by atoms with Crippen LogP contribution in [0.4, 0.5) is 0 Å². The molecule has 0 aromatic heterocycles. The average Bonchev–Trinajstić information content (AvgIpc) is 3.54. The molecule has 2 bridgehead atoms. The molecule has 0 amide bonds. The Bertz CT molecular complexity index is 1210. The first-order valence-electron chi connectivity index (χ1n) is 16.7. The summed E-state index contributed by atoms with van der Waals surface area (Å²) in [6.45, 7) is 8.10. The maximum atomic E-state index is 14.4. The highest BCUT2D eigenvalue weighted by Gasteiger charge is 2.57. The second kappa shape index (κ2) is 13.8. The largest absolute Gasteiger partial charge is 0.460 e. The zero-order valence-electron chi connectivity index (χ0n) is 26.8. The molecule has 7 heteroatoms. The van der Waals surface area contributed by atoms with Crippen molar-refractivity contribution in [2.45, 2.75) is 127 Å². The molecule has 2 atom stereocenters. The van der Waals surface area contributed by atoms with Crippen LogP contribution in [0.25, 0.3) is 0 Å². The van der Waals surface area contributed by atoms with Crippen LogP contribution in [0.3, 0.4) is 0 Å². The highest BCUT2D eigenvalue weighted by Crippen LogP contribution is 2.47. The van der Waals surface area contributed by atoms with Crippen LogP contribution in [0.2, 0.25) is 0 Å². The van der Waals surface area contributed by atoms with Crippen LogP contribution < -0.4 is 0 Å². The maximum Gasteiger partial charge on any atom is 0.360 e. The molecule has 2 aromatic carbocycles. The van der Waals surface area contributed by atoms with Crippen molar-refractivity contribution in [1.82, 2.24) is 0 Å². The lowest BCUT2D eigenvalue weighted by atomic mass is 9.85. The van der Waals surface area contributed by atoms with Crippen LogP contribution >= 0.6 is 0 Å². The number of esters is 3. The monoisotopic (exact) mass is 604 g/mol. The molecular formula is C37H50NO6+. The molecule has 0 saturated carbocycles. The van der Waals surface area contributed by atoms with Gasteiger partial charge in [-0.2, -0.15) is 0 Å². The molecule has 1 spiro atoms. The number of nitrogens with zero attached hydrogens (tertiary/aromatic N) is 1. The van der Waals surface area contributed by atoms with E-state index in [-0.39, 0.29) is 18.5 Å². The average molecular weight is 605 g/mol. The van der Waals surface area contributed by atoms with E-state index in [1.165, 1.54) is 43.3 Å². The summed E-state index contributed by atoms with van der Waals surface area (Å²) in [5, 5.41) is 0. The van der Waals surface area contributed by atoms with Gasteiger partial charge < -0.3 is 18.7 Å². The fraction of sp³-hybridized carbons (Fsp3) is 0.595. The van der Waals surface area contributed by atoms with Crippen LogP contribution in [0.5, 0.6) is 0 Å². The summed E-state index contributed by atoms with van der Waals surface area (Å²) in [7, 11) is 0. The van der Waals surface area contributed by atoms with E-state index >= 15 is 0 Å². The minimum absolute atomic E-state index is 0.175. The Kier molecular flexibility index (Phi) is 10.1. The van der Waals surface area contributed by atoms with Crippen molar-refractivity contribution in [3.63, 3.8) is 0 Å². The van der Waals surface area contributed by atoms with Gasteiger partial charge in [0.1, 0.15) is 11.7 Å². The minimum Gasteiger partial charge on any atom is -0.460 e. The number of quaternary nitrogens is 1. The smallest absolute Gasteiger partial charge is 0.360 e. The van der Waals surface area contributed by atoms with Crippen molar-refractivity contribution in [1.29, 1.82) is 0 Å². The van der Waals surface area contributed by atoms with Crippen LogP contribution in [0.1, 0.15) is 109 Å². The molecule has 3 heterocycles. The third-order valence-electron chi connectivity index (χ3n) is 9.88. The van der Waals surface area contributed by atoms with Gasteiger partial charge in [0, 0.05) is 62.5 Å². The van der Waals surface area contributed by atoms with Gasteiger partial charge in [0.05, 0.1) is 25.2 Å². The number of unbranched alkanes of at least 4 members (excludes halogenated alkanes) is 3. The number of benzene rings is 2. The Morgan fingerprint density at radius 2 is 1.18 bits per heavy atom. The zero-order valence-corrected chi connectivity index (χ0v) is 26.8. The third kappa shape index (κ3) is 7.20. The molecule has 7 nitrogen and oxygen atoms in total. The summed E-state index contributed by atoms with van der Waals surface area (Å²) in [5.74, 6) is -1.15. The fourth-order valence-electron chi connectivity index (χ4n) is 7.96. The molecule has 0 radical (unpaired) electrons. The van der Waals surface area contributed by atoms with Gasteiger partial charge in [-0.15, -0.1) is 0 Å². The molecule has 3 saturated heterocycles. The van der Waals surface area contributed by atoms with E-state index in [4.69, 9.17) is 14.2 Å². The number of rotatable bonds is 12. The number of carbonyl (C=O) groups is 3. The molecule has 0 aliphatic carbocycles. The van der Waals surface area contributed by atoms with Gasteiger partial charge >= 0.3 is 17.9 Å². The maximum absolute atomic E-state index is 14.4. The lowest BCUT2D eigenvalue weighted by molar-refractivity contribution is -0.956. The number of hydrogen-bond acceptors (Lipinski definition) is 6. The van der Waals surface area contributed by atoms with E-state index in [0.717, 1.165) is 25.7 Å². The van der Waals surface area contributed by atoms with Gasteiger partial charge in [0.2, 0.25) is 0 Å². The molecule has 238 valence electrons. The molecule has 2 unspecified atom stereocenters. The minimum atomic E-state index is -1.69. The van der Waals surface area contributed by atoms with Gasteiger partial charge in [0.25, 0.3) is 5.60 Å². The van der Waals surface area contributed by atoms with Crippen molar-refractivity contribution in [3.05, 3.63) is 71.8 Å². The normalized spacial score (nSPS) is 22.5. The Morgan fingerprint density at radius 1 is 0.705 bits per heavy atom. The number of piperidine rings is 1. The molecule has 3 aliphatic rings. The van der Waals surface area contributed by atoms with E-state index in [1.54, 1.807) is 0 Å². The van der Waals surface area contributed by atoms with E-state index < -0.39 is 23.1 Å². The lowest BCUT2D eigenvalue weighted by Gasteiger charge is -2.47. The van der Waals surface area contributed by atoms with Gasteiger partial charge in [-0.1, -0.05) is 73.5 Å². The van der Waals surface area contributed by atoms with Gasteiger partial charge in [0.15, 0.2) is 0 Å². The van der Waals surface area contributed by atoms with E-state index in [1.807, 2.05) is 81.4 Å². The van der Waals surface area contributed by atoms with Crippen LogP contribution in [-0.4, -0.2) is 59.3 Å². The Balaban J connectivity index is 1.27. The highest BCUT2D eigenvalue weighted by molar-refractivity contribution is 5.89. The van der Waals surface area contributed by atoms with E-state index in [2.05, 4.69) is 0 Å². The number of hydrogen-bond donors (Lipinski definition) is 0. The van der Waals surface area contributed by atoms with E-state index in [9.17, 15) is 14.4 Å². The van der Waals surface area contributed by atoms with Gasteiger partial charge in [-0.05, 0) is 33.6 Å². The molecule has 3 fully saturated rings. The summed E-state index contributed by atoms with van der Waals surface area (Å²) < 4.78 is 19.3. The fourth-order valence-corrected chi connectivity index (χ4v) is 7.96. The predicted octanol–water partition coefficient (Wildman–Crippen LogP) is 7.00. The molecule has 44 heavy (non-hydrogen) atoms. The first-order valence-corrected chi connectivity index (χ1v) is 16.7. The van der Waals surface area contributed by atoms with E-state index in [0.29, 0.717) is 42.5 Å². The molecule has 2 aromatic rings. The summed E-state index contributed by atoms with van der Waals surface area (Å²) in [6, 6.07) is 19.7. The van der Waals surface area contributed by atoms with Crippen molar-refractivity contribution in [2.75, 3.05) is 13.1 Å². The number of carbonyl (C=O) groups excluding carboxylic acids is 3. The zero-order chi connectivity index (χ0) is 31.2. The third-order valence-corrected chi connectivity index (χ3v) is 9.88. The van der Waals surface area contributed by atoms with Crippen molar-refractivity contribution in [2.24, 2.45) is 0 Å². The Hall–Kier alpha value is -3.19. The van der Waals surface area contributed by atoms with Crippen molar-refractivity contribution >= 4 is 17.9 Å². The number of ether oxygens (including phenoxy) is 3. The molecule has 5 rings (SSSR count). The molecule has 3 aliphatic heterocycles. The second-order valence-corrected chi connectivity index (χ2v) is 14.0. The van der Waals surface area contributed by atoms with Gasteiger partial charge in [-0.25, -0.2) is 4.79 Å². The lowest BCUT2D eigenvalue weighted by Crippen LogP contribution is -2.60. The van der Waals surface area contributed by atoms with Crippen molar-refractivity contribution in [3.8, 4) is 0 Å². The highest BCUT2D eigenvalue weighted by atomic mass is 16.6. The Labute approximate surface area is 262 Å². The first kappa shape index (κ1) is 32.2. The van der Waals surface area contributed by atoms with Crippen LogP contribution in [0, 0.1) is 0 Å².